The lowest BCUT2D eigenvalue weighted by Crippen LogP contribution is -2.07. The number of rotatable bonds is 4. The number of para-hydroxylation sites is 1. The van der Waals surface area contributed by atoms with Crippen LogP contribution in [0.5, 0.6) is 0 Å². The van der Waals surface area contributed by atoms with E-state index in [-0.39, 0.29) is 5.82 Å². The molecule has 0 aliphatic rings. The predicted molar refractivity (Wildman–Crippen MR) is 109 cm³/mol. The van der Waals surface area contributed by atoms with Crippen LogP contribution in [0.3, 0.4) is 0 Å². The number of hydrogen-bond donors (Lipinski definition) is 1. The molecule has 1 aromatic heterocycles. The standard InChI is InChI=1S/C21H20FN3S/c1-12-6-5-7-13(2)19(12)25-21-18(11-26)20(23-15(4)24-21)17-9-8-16(22)10-14(17)3/h5-11H,1-4H3,(H,23,24,25). The average Bonchev–Trinajstić information content (AvgIpc) is 2.58. The van der Waals surface area contributed by atoms with Gasteiger partial charge in [-0.05, 0) is 62.6 Å². The van der Waals surface area contributed by atoms with Crippen LogP contribution in [0.15, 0.2) is 36.4 Å². The first-order valence-electron chi connectivity index (χ1n) is 8.34. The quantitative estimate of drug-likeness (QED) is 0.610. The van der Waals surface area contributed by atoms with Crippen LogP contribution in [-0.4, -0.2) is 15.3 Å². The summed E-state index contributed by atoms with van der Waals surface area (Å²) in [5.41, 5.74) is 6.33. The number of aryl methyl sites for hydroxylation is 4. The molecule has 3 rings (SSSR count). The third kappa shape index (κ3) is 3.48. The zero-order valence-corrected chi connectivity index (χ0v) is 16.0. The first kappa shape index (κ1) is 18.1. The lowest BCUT2D eigenvalue weighted by Gasteiger charge is -2.17. The van der Waals surface area contributed by atoms with Gasteiger partial charge in [0.05, 0.1) is 11.3 Å². The van der Waals surface area contributed by atoms with Crippen molar-refractivity contribution in [1.29, 1.82) is 0 Å². The van der Waals surface area contributed by atoms with Crippen LogP contribution in [0.25, 0.3) is 11.3 Å². The minimum absolute atomic E-state index is 0.269. The van der Waals surface area contributed by atoms with Gasteiger partial charge in [-0.2, -0.15) is 0 Å². The highest BCUT2D eigenvalue weighted by Crippen LogP contribution is 2.31. The Balaban J connectivity index is 2.19. The zero-order chi connectivity index (χ0) is 18.8. The Kier molecular flexibility index (Phi) is 5.09. The van der Waals surface area contributed by atoms with Crippen LogP contribution in [0.4, 0.5) is 15.9 Å². The Hall–Kier alpha value is -2.66. The molecule has 0 fully saturated rings. The SMILES string of the molecule is Cc1nc(Nc2c(C)cccc2C)c(C=S)c(-c2ccc(F)cc2C)n1. The van der Waals surface area contributed by atoms with Crippen molar-refractivity contribution in [2.75, 3.05) is 5.32 Å². The van der Waals surface area contributed by atoms with E-state index in [0.29, 0.717) is 17.3 Å². The Morgan fingerprint density at radius 3 is 2.27 bits per heavy atom. The van der Waals surface area contributed by atoms with E-state index in [0.717, 1.165) is 33.5 Å². The molecule has 0 aliphatic heterocycles. The molecule has 26 heavy (non-hydrogen) atoms. The van der Waals surface area contributed by atoms with E-state index in [9.17, 15) is 4.39 Å². The number of anilines is 2. The van der Waals surface area contributed by atoms with Crippen molar-refractivity contribution in [2.24, 2.45) is 0 Å². The smallest absolute Gasteiger partial charge is 0.142 e. The number of hydrogen-bond acceptors (Lipinski definition) is 4. The van der Waals surface area contributed by atoms with Crippen LogP contribution in [-0.2, 0) is 0 Å². The van der Waals surface area contributed by atoms with Gasteiger partial charge in [-0.25, -0.2) is 14.4 Å². The van der Waals surface area contributed by atoms with Crippen molar-refractivity contribution < 1.29 is 4.39 Å². The lowest BCUT2D eigenvalue weighted by atomic mass is 10.0. The molecule has 132 valence electrons. The molecule has 1 N–H and O–H groups in total. The number of aromatic nitrogens is 2. The summed E-state index contributed by atoms with van der Waals surface area (Å²) in [4.78, 5) is 9.14. The Labute approximate surface area is 158 Å². The van der Waals surface area contributed by atoms with E-state index in [1.54, 1.807) is 11.4 Å². The fourth-order valence-electron chi connectivity index (χ4n) is 3.02. The topological polar surface area (TPSA) is 37.8 Å². The van der Waals surface area contributed by atoms with E-state index in [2.05, 4.69) is 15.3 Å². The molecular weight excluding hydrogens is 345 g/mol. The van der Waals surface area contributed by atoms with Crippen molar-refractivity contribution in [3.05, 3.63) is 70.3 Å². The second-order valence-corrected chi connectivity index (χ2v) is 6.59. The first-order chi connectivity index (χ1) is 12.4. The normalized spacial score (nSPS) is 10.7. The van der Waals surface area contributed by atoms with Gasteiger partial charge in [-0.3, -0.25) is 0 Å². The molecule has 0 amide bonds. The fourth-order valence-corrected chi connectivity index (χ4v) is 3.24. The summed E-state index contributed by atoms with van der Waals surface area (Å²) in [7, 11) is 0. The van der Waals surface area contributed by atoms with Crippen LogP contribution < -0.4 is 5.32 Å². The third-order valence-corrected chi connectivity index (χ3v) is 4.58. The molecule has 0 spiro atoms. The largest absolute Gasteiger partial charge is 0.339 e. The minimum Gasteiger partial charge on any atom is -0.339 e. The van der Waals surface area contributed by atoms with E-state index in [1.807, 2.05) is 45.9 Å². The van der Waals surface area contributed by atoms with Gasteiger partial charge in [0.15, 0.2) is 0 Å². The molecule has 3 nitrogen and oxygen atoms in total. The summed E-state index contributed by atoms with van der Waals surface area (Å²) >= 11 is 5.27. The molecule has 0 unspecified atom stereocenters. The van der Waals surface area contributed by atoms with Gasteiger partial charge in [0.1, 0.15) is 17.5 Å². The third-order valence-electron chi connectivity index (χ3n) is 4.34. The van der Waals surface area contributed by atoms with Crippen molar-refractivity contribution in [2.45, 2.75) is 27.7 Å². The summed E-state index contributed by atoms with van der Waals surface area (Å²) in [5.74, 6) is 1.01. The molecule has 3 aromatic rings. The van der Waals surface area contributed by atoms with Crippen LogP contribution >= 0.6 is 12.2 Å². The fraction of sp³-hybridized carbons (Fsp3) is 0.190. The number of thiocarbonyl (C=S) groups is 1. The maximum Gasteiger partial charge on any atom is 0.142 e. The highest BCUT2D eigenvalue weighted by molar-refractivity contribution is 7.79. The average molecular weight is 365 g/mol. The van der Waals surface area contributed by atoms with Crippen molar-refractivity contribution in [1.82, 2.24) is 9.97 Å². The number of nitrogens with zero attached hydrogens (tertiary/aromatic N) is 2. The van der Waals surface area contributed by atoms with Gasteiger partial charge >= 0.3 is 0 Å². The first-order valence-corrected chi connectivity index (χ1v) is 8.81. The highest BCUT2D eigenvalue weighted by Gasteiger charge is 2.16. The molecule has 2 aromatic carbocycles. The number of halogens is 1. The van der Waals surface area contributed by atoms with Crippen LogP contribution in [0, 0.1) is 33.5 Å². The van der Waals surface area contributed by atoms with E-state index < -0.39 is 0 Å². The Morgan fingerprint density at radius 2 is 1.65 bits per heavy atom. The summed E-state index contributed by atoms with van der Waals surface area (Å²) < 4.78 is 13.5. The van der Waals surface area contributed by atoms with Gasteiger partial charge < -0.3 is 5.32 Å². The summed E-state index contributed by atoms with van der Waals surface area (Å²) in [6.07, 6.45) is 0. The molecule has 0 radical (unpaired) electrons. The summed E-state index contributed by atoms with van der Waals surface area (Å²) in [5, 5.41) is 5.00. The Morgan fingerprint density at radius 1 is 0.962 bits per heavy atom. The number of nitrogens with one attached hydrogen (secondary N) is 1. The molecular formula is C21H20FN3S. The molecule has 0 aliphatic carbocycles. The summed E-state index contributed by atoms with van der Waals surface area (Å²) in [6.45, 7) is 7.80. The highest BCUT2D eigenvalue weighted by atomic mass is 32.1. The van der Waals surface area contributed by atoms with Gasteiger partial charge in [0.2, 0.25) is 0 Å². The maximum absolute atomic E-state index is 13.5. The van der Waals surface area contributed by atoms with Gasteiger partial charge in [-0.15, -0.1) is 0 Å². The molecule has 0 saturated carbocycles. The second-order valence-electron chi connectivity index (χ2n) is 6.35. The molecule has 0 saturated heterocycles. The molecule has 0 atom stereocenters. The van der Waals surface area contributed by atoms with Crippen molar-refractivity contribution >= 4 is 29.1 Å². The summed E-state index contributed by atoms with van der Waals surface area (Å²) in [6, 6.07) is 10.8. The zero-order valence-electron chi connectivity index (χ0n) is 15.2. The number of benzene rings is 2. The lowest BCUT2D eigenvalue weighted by molar-refractivity contribution is 0.627. The molecule has 5 heteroatoms. The van der Waals surface area contributed by atoms with Crippen molar-refractivity contribution in [3.8, 4) is 11.3 Å². The maximum atomic E-state index is 13.5. The van der Waals surface area contributed by atoms with E-state index in [1.165, 1.54) is 12.1 Å². The second kappa shape index (κ2) is 7.30. The van der Waals surface area contributed by atoms with Crippen LogP contribution in [0.1, 0.15) is 28.1 Å². The minimum atomic E-state index is -0.269. The van der Waals surface area contributed by atoms with Crippen molar-refractivity contribution in [3.63, 3.8) is 0 Å². The van der Waals surface area contributed by atoms with Gasteiger partial charge in [0.25, 0.3) is 0 Å². The van der Waals surface area contributed by atoms with E-state index in [4.69, 9.17) is 12.2 Å². The van der Waals surface area contributed by atoms with E-state index >= 15 is 0 Å². The molecule has 1 heterocycles. The Bertz CT molecular complexity index is 979. The monoisotopic (exact) mass is 365 g/mol. The van der Waals surface area contributed by atoms with Gasteiger partial charge in [0, 0.05) is 16.6 Å². The van der Waals surface area contributed by atoms with Crippen LogP contribution in [0.2, 0.25) is 0 Å². The molecule has 0 bridgehead atoms. The predicted octanol–water partition coefficient (Wildman–Crippen LogP) is 5.61. The van der Waals surface area contributed by atoms with Gasteiger partial charge in [-0.1, -0.05) is 30.4 Å².